The number of hydrogen-bond acceptors (Lipinski definition) is 3. The van der Waals surface area contributed by atoms with Gasteiger partial charge in [-0.3, -0.25) is 0 Å². The number of aromatic carboxylic acids is 1. The fraction of sp³-hybridized carbons (Fsp3) is 0.600. The zero-order valence-corrected chi connectivity index (χ0v) is 15.3. The molecule has 0 amide bonds. The third-order valence-electron chi connectivity index (χ3n) is 3.90. The lowest BCUT2D eigenvalue weighted by Crippen LogP contribution is -2.17. The fourth-order valence-corrected chi connectivity index (χ4v) is 2.73. The van der Waals surface area contributed by atoms with E-state index in [-0.39, 0.29) is 17.2 Å². The Morgan fingerprint density at radius 1 is 1.04 bits per heavy atom. The summed E-state index contributed by atoms with van der Waals surface area (Å²) in [4.78, 5) is 23.8. The van der Waals surface area contributed by atoms with Crippen molar-refractivity contribution < 1.29 is 19.4 Å². The number of benzene rings is 1. The number of carboxylic acid groups (broad SMARTS) is 1. The molecule has 0 atom stereocenters. The number of ether oxygens (including phenoxy) is 1. The molecule has 134 valence electrons. The summed E-state index contributed by atoms with van der Waals surface area (Å²) in [7, 11) is 0. The molecule has 0 fully saturated rings. The van der Waals surface area contributed by atoms with Gasteiger partial charge in [-0.1, -0.05) is 51.7 Å². The minimum atomic E-state index is -1.07. The molecule has 0 aliphatic rings. The SMILES string of the molecule is CC(C)CCCCCCc1cccc(C(=O)OC(C)C)c1C(=O)O. The average molecular weight is 334 g/mol. The van der Waals surface area contributed by atoms with Gasteiger partial charge in [0.15, 0.2) is 0 Å². The van der Waals surface area contributed by atoms with Crippen molar-refractivity contribution in [1.29, 1.82) is 0 Å². The van der Waals surface area contributed by atoms with Gasteiger partial charge < -0.3 is 9.84 Å². The van der Waals surface area contributed by atoms with Crippen molar-refractivity contribution in [2.75, 3.05) is 0 Å². The zero-order chi connectivity index (χ0) is 18.1. The van der Waals surface area contributed by atoms with E-state index in [0.717, 1.165) is 25.2 Å². The van der Waals surface area contributed by atoms with Crippen LogP contribution in [0.3, 0.4) is 0 Å². The van der Waals surface area contributed by atoms with Crippen LogP contribution >= 0.6 is 0 Å². The standard InChI is InChI=1S/C20H30O4/c1-14(2)10-7-5-6-8-11-16-12-9-13-17(18(16)19(21)22)20(23)24-15(3)4/h9,12-15H,5-8,10-11H2,1-4H3,(H,21,22). The quantitative estimate of drug-likeness (QED) is 0.477. The van der Waals surface area contributed by atoms with Gasteiger partial charge in [-0.15, -0.1) is 0 Å². The third kappa shape index (κ3) is 6.73. The van der Waals surface area contributed by atoms with Crippen molar-refractivity contribution >= 4 is 11.9 Å². The summed E-state index contributed by atoms with van der Waals surface area (Å²) in [5.74, 6) is -0.908. The first kappa shape index (κ1) is 20.2. The Kier molecular flexibility index (Phi) is 8.51. The number of unbranched alkanes of at least 4 members (excludes halogenated alkanes) is 3. The molecule has 0 spiro atoms. The van der Waals surface area contributed by atoms with E-state index in [1.807, 2.05) is 0 Å². The van der Waals surface area contributed by atoms with Gasteiger partial charge in [-0.25, -0.2) is 9.59 Å². The number of esters is 1. The minimum absolute atomic E-state index is 0.0883. The van der Waals surface area contributed by atoms with Crippen molar-refractivity contribution in [3.8, 4) is 0 Å². The summed E-state index contributed by atoms with van der Waals surface area (Å²) in [6, 6.07) is 5.06. The molecule has 0 bridgehead atoms. The third-order valence-corrected chi connectivity index (χ3v) is 3.90. The van der Waals surface area contributed by atoms with E-state index in [2.05, 4.69) is 13.8 Å². The molecule has 1 rings (SSSR count). The second-order valence-corrected chi connectivity index (χ2v) is 6.95. The van der Waals surface area contributed by atoms with Crippen LogP contribution in [0.5, 0.6) is 0 Å². The van der Waals surface area contributed by atoms with Crippen molar-refractivity contribution in [3.05, 3.63) is 34.9 Å². The summed E-state index contributed by atoms with van der Waals surface area (Å²) in [6.45, 7) is 7.94. The number of carbonyl (C=O) groups excluding carboxylic acids is 1. The molecule has 0 saturated heterocycles. The summed E-state index contributed by atoms with van der Waals surface area (Å²) < 4.78 is 5.16. The first-order valence-electron chi connectivity index (χ1n) is 8.89. The van der Waals surface area contributed by atoms with Gasteiger partial charge in [-0.05, 0) is 44.2 Å². The summed E-state index contributed by atoms with van der Waals surface area (Å²) >= 11 is 0. The second-order valence-electron chi connectivity index (χ2n) is 6.95. The maximum atomic E-state index is 12.1. The Morgan fingerprint density at radius 2 is 1.71 bits per heavy atom. The highest BCUT2D eigenvalue weighted by Crippen LogP contribution is 2.20. The maximum absolute atomic E-state index is 12.1. The highest BCUT2D eigenvalue weighted by molar-refractivity contribution is 6.03. The number of aryl methyl sites for hydroxylation is 1. The molecule has 1 aromatic rings. The molecule has 0 saturated carbocycles. The predicted molar refractivity (Wildman–Crippen MR) is 95.6 cm³/mol. The molecule has 0 radical (unpaired) electrons. The lowest BCUT2D eigenvalue weighted by atomic mass is 9.96. The monoisotopic (exact) mass is 334 g/mol. The molecular formula is C20H30O4. The normalized spacial score (nSPS) is 11.1. The van der Waals surface area contributed by atoms with Crippen molar-refractivity contribution in [1.82, 2.24) is 0 Å². The van der Waals surface area contributed by atoms with E-state index >= 15 is 0 Å². The molecule has 1 aromatic carbocycles. The van der Waals surface area contributed by atoms with Crippen LogP contribution in [0, 0.1) is 5.92 Å². The van der Waals surface area contributed by atoms with Gasteiger partial charge in [0.1, 0.15) is 0 Å². The first-order valence-corrected chi connectivity index (χ1v) is 8.89. The Morgan fingerprint density at radius 3 is 2.29 bits per heavy atom. The Hall–Kier alpha value is -1.84. The average Bonchev–Trinajstić information content (AvgIpc) is 2.49. The lowest BCUT2D eigenvalue weighted by molar-refractivity contribution is 0.0370. The second kappa shape index (κ2) is 10.1. The topological polar surface area (TPSA) is 63.6 Å². The largest absolute Gasteiger partial charge is 0.478 e. The van der Waals surface area contributed by atoms with Crippen LogP contribution in [0.25, 0.3) is 0 Å². The van der Waals surface area contributed by atoms with Crippen LogP contribution in [0.15, 0.2) is 18.2 Å². The summed E-state index contributed by atoms with van der Waals surface area (Å²) in [5.41, 5.74) is 0.948. The maximum Gasteiger partial charge on any atom is 0.339 e. The van der Waals surface area contributed by atoms with Crippen LogP contribution in [0.4, 0.5) is 0 Å². The zero-order valence-electron chi connectivity index (χ0n) is 15.3. The molecule has 0 unspecified atom stereocenters. The molecule has 4 nitrogen and oxygen atoms in total. The van der Waals surface area contributed by atoms with Crippen LogP contribution in [-0.2, 0) is 11.2 Å². The van der Waals surface area contributed by atoms with Gasteiger partial charge in [0.2, 0.25) is 0 Å². The van der Waals surface area contributed by atoms with Crippen molar-refractivity contribution in [2.24, 2.45) is 5.92 Å². The van der Waals surface area contributed by atoms with E-state index in [1.54, 1.807) is 26.0 Å². The van der Waals surface area contributed by atoms with E-state index in [1.165, 1.54) is 18.9 Å². The predicted octanol–water partition coefficient (Wildman–Crippen LogP) is 5.10. The van der Waals surface area contributed by atoms with Crippen LogP contribution in [0.2, 0.25) is 0 Å². The van der Waals surface area contributed by atoms with Crippen LogP contribution in [-0.4, -0.2) is 23.1 Å². The number of carbonyl (C=O) groups is 2. The van der Waals surface area contributed by atoms with Crippen LogP contribution < -0.4 is 0 Å². The summed E-state index contributed by atoms with van der Waals surface area (Å²) in [5, 5.41) is 9.52. The van der Waals surface area contributed by atoms with E-state index in [4.69, 9.17) is 4.74 Å². The fourth-order valence-electron chi connectivity index (χ4n) is 2.73. The Bertz CT molecular complexity index is 547. The van der Waals surface area contributed by atoms with E-state index in [9.17, 15) is 14.7 Å². The Balaban J connectivity index is 2.73. The van der Waals surface area contributed by atoms with Gasteiger partial charge in [0.05, 0.1) is 17.2 Å². The highest BCUT2D eigenvalue weighted by atomic mass is 16.5. The molecular weight excluding hydrogens is 304 g/mol. The number of rotatable bonds is 10. The molecule has 0 aliphatic carbocycles. The lowest BCUT2D eigenvalue weighted by Gasteiger charge is -2.13. The highest BCUT2D eigenvalue weighted by Gasteiger charge is 2.21. The smallest absolute Gasteiger partial charge is 0.339 e. The number of carboxylic acids is 1. The molecule has 0 aliphatic heterocycles. The Labute approximate surface area is 145 Å². The van der Waals surface area contributed by atoms with E-state index < -0.39 is 11.9 Å². The van der Waals surface area contributed by atoms with Gasteiger partial charge >= 0.3 is 11.9 Å². The molecule has 0 heterocycles. The molecule has 0 aromatic heterocycles. The molecule has 4 heteroatoms. The van der Waals surface area contributed by atoms with E-state index in [0.29, 0.717) is 12.0 Å². The van der Waals surface area contributed by atoms with Gasteiger partial charge in [0, 0.05) is 0 Å². The molecule has 24 heavy (non-hydrogen) atoms. The van der Waals surface area contributed by atoms with Gasteiger partial charge in [-0.2, -0.15) is 0 Å². The first-order chi connectivity index (χ1) is 11.3. The minimum Gasteiger partial charge on any atom is -0.478 e. The molecule has 1 N–H and O–H groups in total. The van der Waals surface area contributed by atoms with Gasteiger partial charge in [0.25, 0.3) is 0 Å². The number of hydrogen-bond donors (Lipinski definition) is 1. The van der Waals surface area contributed by atoms with Crippen LogP contribution in [0.1, 0.15) is 86.1 Å². The summed E-state index contributed by atoms with van der Waals surface area (Å²) in [6.07, 6.45) is 6.01. The van der Waals surface area contributed by atoms with Crippen molar-refractivity contribution in [2.45, 2.75) is 72.3 Å². The van der Waals surface area contributed by atoms with Crippen molar-refractivity contribution in [3.63, 3.8) is 0 Å².